The molecule has 0 radical (unpaired) electrons. The Labute approximate surface area is 155 Å². The fraction of sp³-hybridized carbons (Fsp3) is 0.176. The van der Waals surface area contributed by atoms with Gasteiger partial charge in [0.25, 0.3) is 0 Å². The average molecular weight is 391 g/mol. The molecule has 0 aliphatic rings. The van der Waals surface area contributed by atoms with Gasteiger partial charge in [0.2, 0.25) is 10.0 Å². The molecule has 136 valence electrons. The molecule has 0 aliphatic heterocycles. The normalized spacial score (nSPS) is 11.3. The second-order valence-electron chi connectivity index (χ2n) is 5.18. The van der Waals surface area contributed by atoms with Gasteiger partial charge in [0.05, 0.1) is 37.0 Å². The minimum Gasteiger partial charge on any atom is -0.493 e. The maximum Gasteiger partial charge on any atom is 0.241 e. The maximum atomic E-state index is 12.5. The molecule has 3 aromatic rings. The SMILES string of the molecule is COc1ccc(S(=O)(=O)NCc2nc(-c3ccccn3)cs2)cc1OC. The Hall–Kier alpha value is -2.49. The van der Waals surface area contributed by atoms with Gasteiger partial charge >= 0.3 is 0 Å². The number of methoxy groups -OCH3 is 2. The lowest BCUT2D eigenvalue weighted by Gasteiger charge is -2.10. The summed E-state index contributed by atoms with van der Waals surface area (Å²) in [5.41, 5.74) is 1.47. The van der Waals surface area contributed by atoms with Crippen molar-refractivity contribution in [3.8, 4) is 22.9 Å². The van der Waals surface area contributed by atoms with E-state index in [1.54, 1.807) is 12.3 Å². The Kier molecular flexibility index (Phi) is 5.50. The van der Waals surface area contributed by atoms with Gasteiger partial charge in [-0.1, -0.05) is 6.07 Å². The van der Waals surface area contributed by atoms with Crippen LogP contribution in [0.25, 0.3) is 11.4 Å². The highest BCUT2D eigenvalue weighted by Gasteiger charge is 2.17. The van der Waals surface area contributed by atoms with E-state index in [-0.39, 0.29) is 11.4 Å². The number of rotatable bonds is 7. The first-order valence-corrected chi connectivity index (χ1v) is 9.97. The molecule has 0 amide bonds. The number of nitrogens with one attached hydrogen (secondary N) is 1. The molecule has 7 nitrogen and oxygen atoms in total. The quantitative estimate of drug-likeness (QED) is 0.666. The smallest absolute Gasteiger partial charge is 0.241 e. The van der Waals surface area contributed by atoms with Crippen LogP contribution in [0.5, 0.6) is 11.5 Å². The van der Waals surface area contributed by atoms with Crippen LogP contribution >= 0.6 is 11.3 Å². The Morgan fingerprint density at radius 2 is 1.88 bits per heavy atom. The molecule has 0 spiro atoms. The van der Waals surface area contributed by atoms with Crippen LogP contribution in [0.3, 0.4) is 0 Å². The van der Waals surface area contributed by atoms with Crippen LogP contribution in [0.4, 0.5) is 0 Å². The van der Waals surface area contributed by atoms with E-state index in [9.17, 15) is 8.42 Å². The standard InChI is InChI=1S/C17H17N3O4S2/c1-23-15-7-6-12(9-16(15)24-2)26(21,22)19-10-17-20-14(11-25-17)13-5-3-4-8-18-13/h3-9,11,19H,10H2,1-2H3. The predicted molar refractivity (Wildman–Crippen MR) is 98.9 cm³/mol. The lowest BCUT2D eigenvalue weighted by Crippen LogP contribution is -2.23. The molecule has 0 fully saturated rings. The molecule has 0 aliphatic carbocycles. The third-order valence-corrected chi connectivity index (χ3v) is 5.81. The summed E-state index contributed by atoms with van der Waals surface area (Å²) in [5.74, 6) is 0.813. The number of thiazole rings is 1. The van der Waals surface area contributed by atoms with E-state index in [1.807, 2.05) is 23.6 Å². The average Bonchev–Trinajstić information content (AvgIpc) is 3.15. The van der Waals surface area contributed by atoms with Gasteiger partial charge in [0.1, 0.15) is 5.01 Å². The summed E-state index contributed by atoms with van der Waals surface area (Å²) in [6.07, 6.45) is 1.69. The Balaban J connectivity index is 1.74. The Morgan fingerprint density at radius 1 is 1.08 bits per heavy atom. The van der Waals surface area contributed by atoms with E-state index in [0.717, 1.165) is 11.4 Å². The zero-order chi connectivity index (χ0) is 18.6. The van der Waals surface area contributed by atoms with Crippen molar-refractivity contribution < 1.29 is 17.9 Å². The zero-order valence-corrected chi connectivity index (χ0v) is 15.8. The van der Waals surface area contributed by atoms with Crippen LogP contribution in [0, 0.1) is 0 Å². The van der Waals surface area contributed by atoms with Crippen LogP contribution in [-0.2, 0) is 16.6 Å². The fourth-order valence-corrected chi connectivity index (χ4v) is 4.07. The Morgan fingerprint density at radius 3 is 2.58 bits per heavy atom. The summed E-state index contributed by atoms with van der Waals surface area (Å²) >= 11 is 1.37. The van der Waals surface area contributed by atoms with Crippen molar-refractivity contribution in [1.82, 2.24) is 14.7 Å². The van der Waals surface area contributed by atoms with Gasteiger partial charge in [0.15, 0.2) is 11.5 Å². The van der Waals surface area contributed by atoms with Gasteiger partial charge in [-0.3, -0.25) is 4.98 Å². The van der Waals surface area contributed by atoms with Crippen LogP contribution in [0.1, 0.15) is 5.01 Å². The van der Waals surface area contributed by atoms with Crippen LogP contribution in [-0.4, -0.2) is 32.6 Å². The summed E-state index contributed by atoms with van der Waals surface area (Å²) in [6.45, 7) is 0.0914. The number of sulfonamides is 1. The molecule has 2 heterocycles. The molecule has 9 heteroatoms. The molecule has 0 saturated heterocycles. The van der Waals surface area contributed by atoms with Crippen molar-refractivity contribution >= 4 is 21.4 Å². The molecule has 26 heavy (non-hydrogen) atoms. The van der Waals surface area contributed by atoms with Gasteiger partial charge in [-0.2, -0.15) is 0 Å². The van der Waals surface area contributed by atoms with E-state index >= 15 is 0 Å². The third kappa shape index (κ3) is 4.01. The van der Waals surface area contributed by atoms with E-state index in [1.165, 1.54) is 37.7 Å². The molecule has 0 saturated carbocycles. The van der Waals surface area contributed by atoms with E-state index in [0.29, 0.717) is 16.5 Å². The number of nitrogens with zero attached hydrogens (tertiary/aromatic N) is 2. The predicted octanol–water partition coefficient (Wildman–Crippen LogP) is 2.70. The van der Waals surface area contributed by atoms with Crippen LogP contribution in [0.15, 0.2) is 52.9 Å². The van der Waals surface area contributed by atoms with Gasteiger partial charge in [-0.25, -0.2) is 18.1 Å². The van der Waals surface area contributed by atoms with Gasteiger partial charge in [-0.15, -0.1) is 11.3 Å². The van der Waals surface area contributed by atoms with Gasteiger partial charge in [-0.05, 0) is 24.3 Å². The second-order valence-corrected chi connectivity index (χ2v) is 7.89. The number of hydrogen-bond donors (Lipinski definition) is 1. The minimum atomic E-state index is -3.71. The summed E-state index contributed by atoms with van der Waals surface area (Å²) < 4.78 is 37.8. The molecule has 3 rings (SSSR count). The molecular weight excluding hydrogens is 374 g/mol. The highest BCUT2D eigenvalue weighted by molar-refractivity contribution is 7.89. The first kappa shape index (κ1) is 18.3. The number of ether oxygens (including phenoxy) is 2. The monoisotopic (exact) mass is 391 g/mol. The van der Waals surface area contributed by atoms with Crippen molar-refractivity contribution in [1.29, 1.82) is 0 Å². The van der Waals surface area contributed by atoms with Crippen molar-refractivity contribution in [2.24, 2.45) is 0 Å². The van der Waals surface area contributed by atoms with Crippen molar-refractivity contribution in [3.63, 3.8) is 0 Å². The molecule has 2 aromatic heterocycles. The lowest BCUT2D eigenvalue weighted by atomic mass is 10.3. The van der Waals surface area contributed by atoms with Gasteiger partial charge in [0, 0.05) is 17.6 Å². The number of aromatic nitrogens is 2. The molecule has 1 aromatic carbocycles. The minimum absolute atomic E-state index is 0.0914. The second kappa shape index (κ2) is 7.81. The third-order valence-electron chi connectivity index (χ3n) is 3.56. The summed E-state index contributed by atoms with van der Waals surface area (Å²) in [4.78, 5) is 8.75. The molecule has 0 bridgehead atoms. The summed E-state index contributed by atoms with van der Waals surface area (Å²) in [6, 6.07) is 9.99. The largest absolute Gasteiger partial charge is 0.493 e. The summed E-state index contributed by atoms with van der Waals surface area (Å²) in [7, 11) is -0.759. The van der Waals surface area contributed by atoms with E-state index in [2.05, 4.69) is 14.7 Å². The Bertz CT molecular complexity index is 988. The van der Waals surface area contributed by atoms with Crippen molar-refractivity contribution in [2.45, 2.75) is 11.4 Å². The lowest BCUT2D eigenvalue weighted by molar-refractivity contribution is 0.354. The molecule has 0 unspecified atom stereocenters. The fourth-order valence-electron chi connectivity index (χ4n) is 2.25. The first-order chi connectivity index (χ1) is 12.5. The van der Waals surface area contributed by atoms with Crippen LogP contribution < -0.4 is 14.2 Å². The highest BCUT2D eigenvalue weighted by atomic mass is 32.2. The van der Waals surface area contributed by atoms with Gasteiger partial charge < -0.3 is 9.47 Å². The van der Waals surface area contributed by atoms with Crippen molar-refractivity contribution in [2.75, 3.05) is 14.2 Å². The molecule has 1 N–H and O–H groups in total. The highest BCUT2D eigenvalue weighted by Crippen LogP contribution is 2.29. The van der Waals surface area contributed by atoms with Crippen LogP contribution in [0.2, 0.25) is 0 Å². The van der Waals surface area contributed by atoms with E-state index in [4.69, 9.17) is 9.47 Å². The van der Waals surface area contributed by atoms with E-state index < -0.39 is 10.0 Å². The number of benzene rings is 1. The zero-order valence-electron chi connectivity index (χ0n) is 14.2. The number of pyridine rings is 1. The van der Waals surface area contributed by atoms with Crippen molar-refractivity contribution in [3.05, 3.63) is 53.0 Å². The first-order valence-electron chi connectivity index (χ1n) is 7.61. The maximum absolute atomic E-state index is 12.5. The number of hydrogen-bond acceptors (Lipinski definition) is 7. The topological polar surface area (TPSA) is 90.4 Å². The molecule has 0 atom stereocenters. The summed E-state index contributed by atoms with van der Waals surface area (Å²) in [5, 5.41) is 2.50. The molecular formula is C17H17N3O4S2.